The summed E-state index contributed by atoms with van der Waals surface area (Å²) >= 11 is 0. The second-order valence-electron chi connectivity index (χ2n) is 5.42. The Morgan fingerprint density at radius 3 is 2.54 bits per heavy atom. The van der Waals surface area contributed by atoms with Gasteiger partial charge in [-0.25, -0.2) is 5.10 Å². The first-order valence-corrected chi connectivity index (χ1v) is 7.18. The number of rotatable bonds is 6. The molecule has 2 rings (SSSR count). The molecule has 0 bridgehead atoms. The van der Waals surface area contributed by atoms with Crippen molar-refractivity contribution in [2.75, 3.05) is 37.8 Å². The Hall–Kier alpha value is -2.55. The molecule has 0 unspecified atom stereocenters. The number of hydrogen-bond donors (Lipinski definition) is 3. The highest BCUT2D eigenvalue weighted by Gasteiger charge is 2.33. The van der Waals surface area contributed by atoms with Crippen LogP contribution in [0.2, 0.25) is 0 Å². The van der Waals surface area contributed by atoms with Crippen molar-refractivity contribution in [3.8, 4) is 0 Å². The van der Waals surface area contributed by atoms with Crippen molar-refractivity contribution in [2.45, 2.75) is 6.18 Å². The third kappa shape index (κ3) is 4.98. The Bertz CT molecular complexity index is 722. The van der Waals surface area contributed by atoms with E-state index in [1.807, 2.05) is 19.0 Å². The molecule has 0 radical (unpaired) electrons. The largest absolute Gasteiger partial charge is 0.418 e. The Labute approximate surface area is 136 Å². The third-order valence-corrected chi connectivity index (χ3v) is 3.15. The SMILES string of the molecule is CN(C)CCNc1ccc(Nc2ccc(=O)[nH]n2)cc1C(F)(F)F. The summed E-state index contributed by atoms with van der Waals surface area (Å²) in [5.74, 6) is 0.246. The van der Waals surface area contributed by atoms with E-state index < -0.39 is 17.3 Å². The number of aromatic amines is 1. The van der Waals surface area contributed by atoms with Gasteiger partial charge in [-0.1, -0.05) is 0 Å². The number of nitrogens with one attached hydrogen (secondary N) is 3. The minimum atomic E-state index is -4.49. The first-order chi connectivity index (χ1) is 11.3. The zero-order valence-corrected chi connectivity index (χ0v) is 13.2. The number of alkyl halides is 3. The second-order valence-corrected chi connectivity index (χ2v) is 5.42. The third-order valence-electron chi connectivity index (χ3n) is 3.15. The lowest BCUT2D eigenvalue weighted by Gasteiger charge is -2.17. The quantitative estimate of drug-likeness (QED) is 0.753. The number of hydrogen-bond acceptors (Lipinski definition) is 5. The standard InChI is InChI=1S/C15H18F3N5O/c1-23(2)8-7-19-12-4-3-10(9-11(12)15(16,17)18)20-13-5-6-14(24)22-21-13/h3-6,9,19H,7-8H2,1-2H3,(H,20,21)(H,22,24). The van der Waals surface area contributed by atoms with Crippen LogP contribution in [-0.4, -0.2) is 42.3 Å². The lowest BCUT2D eigenvalue weighted by molar-refractivity contribution is -0.136. The van der Waals surface area contributed by atoms with E-state index >= 15 is 0 Å². The highest BCUT2D eigenvalue weighted by molar-refractivity contribution is 5.64. The number of benzene rings is 1. The van der Waals surface area contributed by atoms with Crippen LogP contribution < -0.4 is 16.2 Å². The summed E-state index contributed by atoms with van der Waals surface area (Å²) in [6.07, 6.45) is -4.49. The number of likely N-dealkylation sites (N-methyl/N-ethyl adjacent to an activating group) is 1. The monoisotopic (exact) mass is 341 g/mol. The fourth-order valence-corrected chi connectivity index (χ4v) is 1.99. The van der Waals surface area contributed by atoms with E-state index in [1.165, 1.54) is 24.3 Å². The molecule has 0 aliphatic carbocycles. The molecule has 9 heteroatoms. The molecule has 130 valence electrons. The summed E-state index contributed by atoms with van der Waals surface area (Å²) < 4.78 is 39.8. The number of halogens is 3. The molecule has 0 saturated heterocycles. The zero-order valence-electron chi connectivity index (χ0n) is 13.2. The lowest BCUT2D eigenvalue weighted by Crippen LogP contribution is -2.22. The van der Waals surface area contributed by atoms with Gasteiger partial charge in [0.15, 0.2) is 5.82 Å². The van der Waals surface area contributed by atoms with E-state index in [-0.39, 0.29) is 17.2 Å². The Kier molecular flexibility index (Phi) is 5.45. The normalized spacial score (nSPS) is 11.6. The van der Waals surface area contributed by atoms with Crippen molar-refractivity contribution in [2.24, 2.45) is 0 Å². The molecule has 0 amide bonds. The second kappa shape index (κ2) is 7.35. The van der Waals surface area contributed by atoms with Gasteiger partial charge in [0.2, 0.25) is 0 Å². The van der Waals surface area contributed by atoms with Gasteiger partial charge in [-0.15, -0.1) is 0 Å². The van der Waals surface area contributed by atoms with Gasteiger partial charge in [-0.3, -0.25) is 4.79 Å². The fraction of sp³-hybridized carbons (Fsp3) is 0.333. The van der Waals surface area contributed by atoms with Crippen LogP contribution in [0.3, 0.4) is 0 Å². The van der Waals surface area contributed by atoms with E-state index in [9.17, 15) is 18.0 Å². The average molecular weight is 341 g/mol. The summed E-state index contributed by atoms with van der Waals surface area (Å²) in [5, 5.41) is 11.4. The van der Waals surface area contributed by atoms with Crippen LogP contribution in [0.15, 0.2) is 35.1 Å². The van der Waals surface area contributed by atoms with Crippen LogP contribution in [0.25, 0.3) is 0 Å². The van der Waals surface area contributed by atoms with Gasteiger partial charge in [0, 0.05) is 30.5 Å². The smallest absolute Gasteiger partial charge is 0.383 e. The number of anilines is 3. The van der Waals surface area contributed by atoms with Crippen LogP contribution in [0.4, 0.5) is 30.4 Å². The van der Waals surface area contributed by atoms with Crippen LogP contribution >= 0.6 is 0 Å². The molecule has 0 spiro atoms. The van der Waals surface area contributed by atoms with Crippen LogP contribution in [0.5, 0.6) is 0 Å². The molecular weight excluding hydrogens is 323 g/mol. The number of nitrogens with zero attached hydrogens (tertiary/aromatic N) is 2. The molecule has 1 aromatic carbocycles. The van der Waals surface area contributed by atoms with Crippen molar-refractivity contribution in [1.82, 2.24) is 15.1 Å². The van der Waals surface area contributed by atoms with E-state index in [2.05, 4.69) is 20.8 Å². The Morgan fingerprint density at radius 1 is 1.21 bits per heavy atom. The first-order valence-electron chi connectivity index (χ1n) is 7.18. The van der Waals surface area contributed by atoms with Crippen LogP contribution in [0.1, 0.15) is 5.56 Å². The molecule has 1 aromatic heterocycles. The Balaban J connectivity index is 2.22. The average Bonchev–Trinajstić information content (AvgIpc) is 2.49. The molecular formula is C15H18F3N5O. The summed E-state index contributed by atoms with van der Waals surface area (Å²) in [5.41, 5.74) is -0.919. The molecule has 0 aliphatic heterocycles. The van der Waals surface area contributed by atoms with Crippen molar-refractivity contribution >= 4 is 17.2 Å². The molecule has 0 saturated carbocycles. The molecule has 0 atom stereocenters. The molecule has 0 fully saturated rings. The van der Waals surface area contributed by atoms with Gasteiger partial charge in [-0.05, 0) is 38.4 Å². The molecule has 0 aliphatic rings. The van der Waals surface area contributed by atoms with Crippen molar-refractivity contribution in [1.29, 1.82) is 0 Å². The molecule has 2 aromatic rings. The molecule has 24 heavy (non-hydrogen) atoms. The highest BCUT2D eigenvalue weighted by Crippen LogP contribution is 2.36. The van der Waals surface area contributed by atoms with Crippen molar-refractivity contribution in [3.63, 3.8) is 0 Å². The fourth-order valence-electron chi connectivity index (χ4n) is 1.99. The maximum atomic E-state index is 13.3. The minimum absolute atomic E-state index is 0.0179. The van der Waals surface area contributed by atoms with Crippen LogP contribution in [0, 0.1) is 0 Å². The van der Waals surface area contributed by atoms with Gasteiger partial charge in [0.05, 0.1) is 5.56 Å². The van der Waals surface area contributed by atoms with Gasteiger partial charge < -0.3 is 15.5 Å². The van der Waals surface area contributed by atoms with Crippen molar-refractivity contribution in [3.05, 3.63) is 46.2 Å². The number of aromatic nitrogens is 2. The van der Waals surface area contributed by atoms with E-state index in [0.29, 0.717) is 13.1 Å². The summed E-state index contributed by atoms with van der Waals surface area (Å²) in [6.45, 7) is 1.00. The zero-order chi connectivity index (χ0) is 17.7. The predicted octanol–water partition coefficient (Wildman–Crippen LogP) is 2.51. The summed E-state index contributed by atoms with van der Waals surface area (Å²) in [7, 11) is 3.69. The van der Waals surface area contributed by atoms with E-state index in [0.717, 1.165) is 6.07 Å². The van der Waals surface area contributed by atoms with Gasteiger partial charge in [0.1, 0.15) is 0 Å². The maximum absolute atomic E-state index is 13.3. The lowest BCUT2D eigenvalue weighted by atomic mass is 10.1. The summed E-state index contributed by atoms with van der Waals surface area (Å²) in [6, 6.07) is 6.50. The number of H-pyrrole nitrogens is 1. The highest BCUT2D eigenvalue weighted by atomic mass is 19.4. The molecule has 6 nitrogen and oxygen atoms in total. The topological polar surface area (TPSA) is 73.0 Å². The molecule has 1 heterocycles. The van der Waals surface area contributed by atoms with Crippen LogP contribution in [-0.2, 0) is 6.18 Å². The minimum Gasteiger partial charge on any atom is -0.383 e. The summed E-state index contributed by atoms with van der Waals surface area (Å²) in [4.78, 5) is 12.8. The van der Waals surface area contributed by atoms with Gasteiger partial charge in [0.25, 0.3) is 5.56 Å². The first kappa shape index (κ1) is 17.8. The van der Waals surface area contributed by atoms with E-state index in [1.54, 1.807) is 0 Å². The Morgan fingerprint density at radius 2 is 1.96 bits per heavy atom. The van der Waals surface area contributed by atoms with Gasteiger partial charge >= 0.3 is 6.18 Å². The van der Waals surface area contributed by atoms with Gasteiger partial charge in [-0.2, -0.15) is 18.3 Å². The van der Waals surface area contributed by atoms with E-state index in [4.69, 9.17) is 0 Å². The predicted molar refractivity (Wildman–Crippen MR) is 86.6 cm³/mol. The maximum Gasteiger partial charge on any atom is 0.418 e. The van der Waals surface area contributed by atoms with Crippen molar-refractivity contribution < 1.29 is 13.2 Å². The molecule has 3 N–H and O–H groups in total.